The number of halogens is 12. The average molecular weight is 676 g/mol. The van der Waals surface area contributed by atoms with Gasteiger partial charge in [0.05, 0.1) is 32.3 Å². The molecule has 0 aliphatic heterocycles. The second kappa shape index (κ2) is 11.6. The Morgan fingerprint density at radius 1 is 0.927 bits per heavy atom. The number of alkyl halides is 9. The normalized spacial score (nSPS) is 16.7. The first-order valence-electron chi connectivity index (χ1n) is 11.4. The lowest BCUT2D eigenvalue weighted by molar-refractivity contribution is -0.139. The molecule has 1 aliphatic carbocycles. The van der Waals surface area contributed by atoms with Gasteiger partial charge in [-0.25, -0.2) is 8.42 Å². The third kappa shape index (κ3) is 9.01. The Labute approximate surface area is 243 Å². The predicted molar refractivity (Wildman–Crippen MR) is 136 cm³/mol. The minimum absolute atomic E-state index is 0.0234. The van der Waals surface area contributed by atoms with Gasteiger partial charge in [-0.15, -0.1) is 0 Å². The molecule has 0 spiro atoms. The van der Waals surface area contributed by atoms with Crippen LogP contribution in [-0.4, -0.2) is 38.1 Å². The molecule has 1 fully saturated rings. The zero-order valence-electron chi connectivity index (χ0n) is 20.3. The zero-order valence-corrected chi connectivity index (χ0v) is 23.4. The molecule has 0 N–H and O–H groups in total. The van der Waals surface area contributed by atoms with E-state index in [1.807, 2.05) is 0 Å². The third-order valence-electron chi connectivity index (χ3n) is 6.25. The molecule has 0 aromatic heterocycles. The van der Waals surface area contributed by atoms with Crippen molar-refractivity contribution in [1.82, 2.24) is 0 Å². The lowest BCUT2D eigenvalue weighted by atomic mass is 9.92. The van der Waals surface area contributed by atoms with Crippen molar-refractivity contribution in [2.24, 2.45) is 5.41 Å². The quantitative estimate of drug-likeness (QED) is 0.151. The summed E-state index contributed by atoms with van der Waals surface area (Å²) in [6.07, 6.45) is -14.5. The summed E-state index contributed by atoms with van der Waals surface area (Å²) in [5, 5.41) is -0.750. The Kier molecular flexibility index (Phi) is 9.50. The first kappa shape index (κ1) is 33.5. The van der Waals surface area contributed by atoms with Crippen molar-refractivity contribution in [2.75, 3.05) is 11.5 Å². The number of sulfone groups is 1. The number of benzene rings is 2. The molecular formula is C25H18Cl3F9O3S. The summed E-state index contributed by atoms with van der Waals surface area (Å²) in [5.41, 5.74) is -4.61. The maximum atomic E-state index is 13.9. The molecule has 0 heterocycles. The molecule has 2 aromatic rings. The van der Waals surface area contributed by atoms with E-state index in [-0.39, 0.29) is 33.5 Å². The number of rotatable bonds is 9. The maximum Gasteiger partial charge on any atom is 0.417 e. The van der Waals surface area contributed by atoms with Crippen molar-refractivity contribution >= 4 is 56.5 Å². The third-order valence-corrected chi connectivity index (χ3v) is 9.27. The Hall–Kier alpha value is -1.96. The minimum atomic E-state index is -5.14. The fourth-order valence-electron chi connectivity index (χ4n) is 4.27. The first-order chi connectivity index (χ1) is 18.5. The number of carbonyl (C=O) groups excluding carboxylic acids is 1. The molecule has 0 amide bonds. The van der Waals surface area contributed by atoms with Crippen LogP contribution < -0.4 is 0 Å². The van der Waals surface area contributed by atoms with Gasteiger partial charge in [0.15, 0.2) is 15.6 Å². The van der Waals surface area contributed by atoms with Crippen molar-refractivity contribution in [3.8, 4) is 0 Å². The highest BCUT2D eigenvalue weighted by atomic mass is 35.5. The summed E-state index contributed by atoms with van der Waals surface area (Å²) in [5.74, 6) is -6.66. The topological polar surface area (TPSA) is 51.2 Å². The van der Waals surface area contributed by atoms with Gasteiger partial charge >= 0.3 is 18.5 Å². The van der Waals surface area contributed by atoms with Gasteiger partial charge in [0.1, 0.15) is 5.75 Å². The smallest absolute Gasteiger partial charge is 0.294 e. The second-order valence-corrected chi connectivity index (χ2v) is 13.0. The number of hydrogen-bond acceptors (Lipinski definition) is 3. The van der Waals surface area contributed by atoms with E-state index in [1.54, 1.807) is 0 Å². The van der Waals surface area contributed by atoms with Crippen LogP contribution in [-0.2, 0) is 16.0 Å². The van der Waals surface area contributed by atoms with Gasteiger partial charge in [-0.3, -0.25) is 4.79 Å². The van der Waals surface area contributed by atoms with E-state index in [4.69, 9.17) is 34.8 Å². The lowest BCUT2D eigenvalue weighted by Gasteiger charge is -2.19. The largest absolute Gasteiger partial charge is 0.417 e. The summed E-state index contributed by atoms with van der Waals surface area (Å²) in [7, 11) is -4.69. The number of ketones is 1. The summed E-state index contributed by atoms with van der Waals surface area (Å²) in [6, 6.07) is 3.94. The zero-order chi connectivity index (χ0) is 31.2. The van der Waals surface area contributed by atoms with Gasteiger partial charge in [-0.1, -0.05) is 59.1 Å². The van der Waals surface area contributed by atoms with Crippen molar-refractivity contribution in [3.63, 3.8) is 0 Å². The molecule has 1 saturated carbocycles. The Bertz CT molecular complexity index is 1440. The molecule has 0 radical (unpaired) electrons. The van der Waals surface area contributed by atoms with Crippen LogP contribution in [0.15, 0.2) is 36.4 Å². The molecule has 1 aliphatic rings. The van der Waals surface area contributed by atoms with E-state index < -0.39 is 80.1 Å². The van der Waals surface area contributed by atoms with Gasteiger partial charge in [-0.05, 0) is 47.6 Å². The number of Topliss-reactive ketones (excluding diaryl/α,β-unsaturated/α-hetero) is 1. The van der Waals surface area contributed by atoms with Crippen molar-refractivity contribution in [1.29, 1.82) is 0 Å². The van der Waals surface area contributed by atoms with Crippen LogP contribution in [0.2, 0.25) is 15.1 Å². The highest BCUT2D eigenvalue weighted by Crippen LogP contribution is 2.51. The first-order valence-corrected chi connectivity index (χ1v) is 14.4. The SMILES string of the molecule is O=C(CC1(CS(=O)(=O)CC(F)(F)F)CC1)c1ccc(/C=C/C(c2cc(Cl)c(Cl)c(Cl)c2)C(F)(F)F)cc1C(F)(F)F. The fraction of sp³-hybridized carbons (Fsp3) is 0.400. The van der Waals surface area contributed by atoms with Gasteiger partial charge in [0.2, 0.25) is 0 Å². The number of allylic oxidation sites excluding steroid dienone is 1. The molecule has 1 atom stereocenters. The maximum absolute atomic E-state index is 13.9. The standard InChI is InChI=1S/C25H18Cl3F9O3S/c26-18-8-14(9-19(27)21(18)28)16(24(32,33)34)4-2-13-1-3-15(17(7-13)25(35,36)37)20(38)10-22(5-6-22)11-41(39,40)12-23(29,30)31/h1-4,7-9,16H,5-6,10-12H2/b4-2+. The lowest BCUT2D eigenvalue weighted by Crippen LogP contribution is -2.29. The molecule has 1 unspecified atom stereocenters. The van der Waals surface area contributed by atoms with E-state index in [2.05, 4.69) is 0 Å². The Morgan fingerprint density at radius 3 is 1.95 bits per heavy atom. The molecule has 16 heteroatoms. The molecular weight excluding hydrogens is 658 g/mol. The van der Waals surface area contributed by atoms with Crippen LogP contribution in [0.25, 0.3) is 6.08 Å². The van der Waals surface area contributed by atoms with Crippen LogP contribution in [0.3, 0.4) is 0 Å². The second-order valence-electron chi connectivity index (χ2n) is 9.73. The van der Waals surface area contributed by atoms with E-state index in [0.29, 0.717) is 12.1 Å². The molecule has 0 bridgehead atoms. The minimum Gasteiger partial charge on any atom is -0.294 e. The highest BCUT2D eigenvalue weighted by molar-refractivity contribution is 7.91. The van der Waals surface area contributed by atoms with Crippen molar-refractivity contribution in [2.45, 2.75) is 43.7 Å². The van der Waals surface area contributed by atoms with E-state index >= 15 is 0 Å². The van der Waals surface area contributed by atoms with Gasteiger partial charge < -0.3 is 0 Å². The van der Waals surface area contributed by atoms with Crippen LogP contribution in [0.4, 0.5) is 39.5 Å². The van der Waals surface area contributed by atoms with Crippen LogP contribution in [0.5, 0.6) is 0 Å². The summed E-state index contributed by atoms with van der Waals surface area (Å²) in [4.78, 5) is 12.8. The molecule has 2 aromatic carbocycles. The Balaban J connectivity index is 1.91. The molecule has 41 heavy (non-hydrogen) atoms. The molecule has 226 valence electrons. The molecule has 3 nitrogen and oxygen atoms in total. The summed E-state index contributed by atoms with van der Waals surface area (Å²) in [6.45, 7) is 0. The highest BCUT2D eigenvalue weighted by Gasteiger charge is 2.50. The van der Waals surface area contributed by atoms with E-state index in [9.17, 15) is 52.7 Å². The Morgan fingerprint density at radius 2 is 1.49 bits per heavy atom. The van der Waals surface area contributed by atoms with Crippen LogP contribution >= 0.6 is 34.8 Å². The van der Waals surface area contributed by atoms with Crippen molar-refractivity contribution < 1.29 is 52.7 Å². The van der Waals surface area contributed by atoms with Gasteiger partial charge in [-0.2, -0.15) is 39.5 Å². The molecule has 0 saturated heterocycles. The molecule has 3 rings (SSSR count). The van der Waals surface area contributed by atoms with E-state index in [0.717, 1.165) is 30.3 Å². The van der Waals surface area contributed by atoms with Crippen LogP contribution in [0, 0.1) is 5.41 Å². The fourth-order valence-corrected chi connectivity index (χ4v) is 6.80. The van der Waals surface area contributed by atoms with Crippen molar-refractivity contribution in [3.05, 3.63) is 73.7 Å². The summed E-state index contributed by atoms with van der Waals surface area (Å²) < 4.78 is 144. The number of hydrogen-bond donors (Lipinski definition) is 0. The predicted octanol–water partition coefficient (Wildman–Crippen LogP) is 9.35. The van der Waals surface area contributed by atoms with Gasteiger partial charge in [0, 0.05) is 12.0 Å². The number of carbonyl (C=O) groups is 1. The average Bonchev–Trinajstić information content (AvgIpc) is 3.51. The monoisotopic (exact) mass is 674 g/mol. The summed E-state index contributed by atoms with van der Waals surface area (Å²) >= 11 is 17.4. The van der Waals surface area contributed by atoms with Crippen LogP contribution in [0.1, 0.15) is 52.2 Å². The van der Waals surface area contributed by atoms with E-state index in [1.165, 1.54) is 0 Å². The van der Waals surface area contributed by atoms with Gasteiger partial charge in [0.25, 0.3) is 0 Å².